The molecular formula is C21H30AlN3O6. The first-order valence-corrected chi connectivity index (χ1v) is 8.69. The molecule has 31 heavy (non-hydrogen) atoms. The van der Waals surface area contributed by atoms with E-state index in [2.05, 4.69) is 39.5 Å². The van der Waals surface area contributed by atoms with Crippen molar-refractivity contribution in [3.8, 4) is 0 Å². The Morgan fingerprint density at radius 2 is 0.613 bits per heavy atom. The van der Waals surface area contributed by atoms with E-state index in [-0.39, 0.29) is 56.6 Å². The van der Waals surface area contributed by atoms with E-state index in [1.807, 2.05) is 0 Å². The number of rotatable bonds is 12. The summed E-state index contributed by atoms with van der Waals surface area (Å²) in [6.45, 7) is 22.1. The summed E-state index contributed by atoms with van der Waals surface area (Å²) in [5, 5.41) is 30.6. The van der Waals surface area contributed by atoms with Crippen LogP contribution >= 0.6 is 0 Å². The molecule has 0 fully saturated rings. The summed E-state index contributed by atoms with van der Waals surface area (Å²) in [7, 11) is 0. The molecule has 0 aliphatic heterocycles. The van der Waals surface area contributed by atoms with E-state index in [1.54, 1.807) is 0 Å². The van der Waals surface area contributed by atoms with Gasteiger partial charge in [0.2, 0.25) is 0 Å². The first-order chi connectivity index (χ1) is 14.2. The number of nitrogens with zero attached hydrogens (tertiary/aromatic N) is 3. The van der Waals surface area contributed by atoms with Gasteiger partial charge in [0, 0.05) is 39.3 Å². The summed E-state index contributed by atoms with van der Waals surface area (Å²) < 4.78 is 0. The third-order valence-electron chi connectivity index (χ3n) is 2.87. The van der Waals surface area contributed by atoms with Crippen molar-refractivity contribution in [2.75, 3.05) is 39.3 Å². The van der Waals surface area contributed by atoms with Crippen LogP contribution in [0.25, 0.3) is 0 Å². The Morgan fingerprint density at radius 1 is 0.484 bits per heavy atom. The molecule has 0 atom stereocenters. The Kier molecular flexibility index (Phi) is 28.2. The topological polar surface area (TPSA) is 130 Å². The zero-order valence-corrected chi connectivity index (χ0v) is 19.0. The van der Waals surface area contributed by atoms with Gasteiger partial charge in [-0.15, -0.1) is 39.5 Å². The molecule has 0 aromatic heterocycles. The van der Waals surface area contributed by atoms with E-state index in [0.29, 0.717) is 0 Å². The van der Waals surface area contributed by atoms with Gasteiger partial charge in [-0.3, -0.25) is 0 Å². The molecule has 0 N–H and O–H groups in total. The fourth-order valence-corrected chi connectivity index (χ4v) is 1.61. The molecule has 0 spiro atoms. The molecule has 0 aliphatic rings. The van der Waals surface area contributed by atoms with Gasteiger partial charge in [-0.2, -0.15) is 0 Å². The molecule has 0 aromatic rings. The molecule has 10 heteroatoms. The van der Waals surface area contributed by atoms with Crippen molar-refractivity contribution in [2.45, 2.75) is 0 Å². The maximum atomic E-state index is 10.2. The summed E-state index contributed by atoms with van der Waals surface area (Å²) in [5.74, 6) is 0. The molecular weight excluding hydrogens is 417 g/mol. The van der Waals surface area contributed by atoms with Gasteiger partial charge in [-0.05, 0) is 0 Å². The predicted octanol–water partition coefficient (Wildman–Crippen LogP) is -0.370. The molecule has 0 rings (SSSR count). The predicted molar refractivity (Wildman–Crippen MR) is 118 cm³/mol. The van der Waals surface area contributed by atoms with Gasteiger partial charge >= 0.3 is 17.4 Å². The standard InChI is InChI=1S/3C7H11NO2.Al/c3*1-3-5-8(6-4-2)7(9)10;/h3*3-4H,1-2,5-6H2,(H,9,10);/q;;;+3/p-3. The number of hydrogen-bond donors (Lipinski definition) is 0. The van der Waals surface area contributed by atoms with Crippen LogP contribution in [0.1, 0.15) is 0 Å². The minimum Gasteiger partial charge on any atom is -0.530 e. The Labute approximate surface area is 195 Å². The molecule has 3 amide bonds. The average Bonchev–Trinajstić information content (AvgIpc) is 2.68. The SMILES string of the molecule is C=CCN(CC=C)C(=O)[O-].C=CCN(CC=C)C(=O)[O-].C=CCN(CC=C)C(=O)[O-].[Al+3]. The number of amides is 3. The molecule has 0 saturated heterocycles. The quantitative estimate of drug-likeness (QED) is 0.296. The van der Waals surface area contributed by atoms with E-state index in [4.69, 9.17) is 0 Å². The second-order valence-electron chi connectivity index (χ2n) is 5.24. The maximum absolute atomic E-state index is 10.2. The smallest absolute Gasteiger partial charge is 0.530 e. The number of hydrogen-bond acceptors (Lipinski definition) is 6. The van der Waals surface area contributed by atoms with Crippen LogP contribution in [-0.4, -0.2) is 89.6 Å². The molecule has 0 unspecified atom stereocenters. The second kappa shape index (κ2) is 24.8. The minimum absolute atomic E-state index is 0. The van der Waals surface area contributed by atoms with Crippen LogP contribution in [0.3, 0.4) is 0 Å². The van der Waals surface area contributed by atoms with Gasteiger partial charge in [0.15, 0.2) is 0 Å². The molecule has 0 saturated carbocycles. The van der Waals surface area contributed by atoms with Gasteiger partial charge < -0.3 is 44.4 Å². The fourth-order valence-electron chi connectivity index (χ4n) is 1.61. The molecule has 0 aliphatic carbocycles. The van der Waals surface area contributed by atoms with Crippen molar-refractivity contribution < 1.29 is 29.7 Å². The summed E-state index contributed by atoms with van der Waals surface area (Å²) in [6.07, 6.45) is 5.41. The zero-order chi connectivity index (χ0) is 23.9. The van der Waals surface area contributed by atoms with E-state index < -0.39 is 18.3 Å². The Bertz CT molecular complexity index is 485. The monoisotopic (exact) mass is 447 g/mol. The Balaban J connectivity index is -0.000000174. The second-order valence-corrected chi connectivity index (χ2v) is 5.24. The van der Waals surface area contributed by atoms with E-state index >= 15 is 0 Å². The van der Waals surface area contributed by atoms with E-state index in [0.717, 1.165) is 14.7 Å². The van der Waals surface area contributed by atoms with Crippen LogP contribution < -0.4 is 15.3 Å². The molecule has 9 nitrogen and oxygen atoms in total. The number of carbonyl (C=O) groups is 3. The minimum atomic E-state index is -1.19. The number of carbonyl (C=O) groups excluding carboxylic acids is 3. The summed E-state index contributed by atoms with van der Waals surface area (Å²) >= 11 is 0. The van der Waals surface area contributed by atoms with Crippen LogP contribution in [0.5, 0.6) is 0 Å². The molecule has 0 bridgehead atoms. The first-order valence-electron chi connectivity index (χ1n) is 8.69. The van der Waals surface area contributed by atoms with Gasteiger partial charge in [0.05, 0.1) is 0 Å². The van der Waals surface area contributed by atoms with Crippen molar-refractivity contribution in [1.82, 2.24) is 14.7 Å². The fraction of sp³-hybridized carbons (Fsp3) is 0.286. The van der Waals surface area contributed by atoms with Crippen LogP contribution in [0.4, 0.5) is 14.4 Å². The maximum Gasteiger partial charge on any atom is 3.00 e. The van der Waals surface area contributed by atoms with Gasteiger partial charge in [-0.25, -0.2) is 0 Å². The third kappa shape index (κ3) is 22.9. The molecule has 0 heterocycles. The largest absolute Gasteiger partial charge is 3.00 e. The van der Waals surface area contributed by atoms with Crippen LogP contribution in [-0.2, 0) is 0 Å². The van der Waals surface area contributed by atoms with Gasteiger partial charge in [-0.1, -0.05) is 36.5 Å². The van der Waals surface area contributed by atoms with Gasteiger partial charge in [0.1, 0.15) is 18.3 Å². The van der Waals surface area contributed by atoms with E-state index in [9.17, 15) is 29.7 Å². The normalized spacial score (nSPS) is 8.13. The van der Waals surface area contributed by atoms with Crippen LogP contribution in [0, 0.1) is 0 Å². The zero-order valence-electron chi connectivity index (χ0n) is 17.8. The summed E-state index contributed by atoms with van der Waals surface area (Å²) in [4.78, 5) is 33.9. The Hall–Kier alpha value is -3.22. The number of carboxylic acid groups (broad SMARTS) is 3. The van der Waals surface area contributed by atoms with Crippen molar-refractivity contribution in [2.24, 2.45) is 0 Å². The summed E-state index contributed by atoms with van der Waals surface area (Å²) in [5.41, 5.74) is 0. The molecule has 0 aromatic carbocycles. The van der Waals surface area contributed by atoms with E-state index in [1.165, 1.54) is 36.5 Å². The molecule has 168 valence electrons. The summed E-state index contributed by atoms with van der Waals surface area (Å²) in [6, 6.07) is 0. The van der Waals surface area contributed by atoms with Crippen molar-refractivity contribution >= 4 is 35.6 Å². The average molecular weight is 447 g/mol. The van der Waals surface area contributed by atoms with Gasteiger partial charge in [0.25, 0.3) is 0 Å². The Morgan fingerprint density at radius 3 is 0.677 bits per heavy atom. The van der Waals surface area contributed by atoms with Crippen LogP contribution in [0.15, 0.2) is 75.9 Å². The first kappa shape index (κ1) is 35.2. The van der Waals surface area contributed by atoms with Crippen molar-refractivity contribution in [1.29, 1.82) is 0 Å². The third-order valence-corrected chi connectivity index (χ3v) is 2.87. The van der Waals surface area contributed by atoms with Crippen molar-refractivity contribution in [3.05, 3.63) is 75.9 Å². The van der Waals surface area contributed by atoms with Crippen molar-refractivity contribution in [3.63, 3.8) is 0 Å². The van der Waals surface area contributed by atoms with Crippen LogP contribution in [0.2, 0.25) is 0 Å². The molecule has 0 radical (unpaired) electrons.